The molecule has 0 saturated carbocycles. The van der Waals surface area contributed by atoms with Crippen LogP contribution in [0.5, 0.6) is 11.5 Å². The molecule has 7 heteroatoms. The van der Waals surface area contributed by atoms with Gasteiger partial charge in [-0.05, 0) is 49.6 Å². The molecule has 4 rings (SSSR count). The van der Waals surface area contributed by atoms with E-state index in [4.69, 9.17) is 9.47 Å². The minimum Gasteiger partial charge on any atom is -0.454 e. The zero-order chi connectivity index (χ0) is 18.8. The Morgan fingerprint density at radius 3 is 2.96 bits per heavy atom. The number of fused-ring (bicyclic) bond motifs is 1. The summed E-state index contributed by atoms with van der Waals surface area (Å²) in [7, 11) is 0. The van der Waals surface area contributed by atoms with Crippen LogP contribution in [0, 0.1) is 6.92 Å². The Morgan fingerprint density at radius 1 is 1.26 bits per heavy atom. The molecule has 1 aromatic carbocycles. The maximum Gasteiger partial charge on any atom is 0.254 e. The van der Waals surface area contributed by atoms with Gasteiger partial charge in [0.25, 0.3) is 5.91 Å². The average Bonchev–Trinajstić information content (AvgIpc) is 3.35. The molecule has 1 saturated heterocycles. The van der Waals surface area contributed by atoms with Crippen LogP contribution in [0.2, 0.25) is 0 Å². The summed E-state index contributed by atoms with van der Waals surface area (Å²) in [6.45, 7) is 3.04. The average molecular weight is 367 g/mol. The van der Waals surface area contributed by atoms with Crippen molar-refractivity contribution in [3.05, 3.63) is 53.3 Å². The number of carbonyl (C=O) groups is 2. The fourth-order valence-corrected chi connectivity index (χ4v) is 3.47. The maximum absolute atomic E-state index is 12.9. The highest BCUT2D eigenvalue weighted by molar-refractivity contribution is 5.98. The van der Waals surface area contributed by atoms with E-state index in [-0.39, 0.29) is 18.6 Å². The molecule has 2 aromatic rings. The summed E-state index contributed by atoms with van der Waals surface area (Å²) in [5, 5.41) is 2.92. The van der Waals surface area contributed by atoms with Gasteiger partial charge in [0.15, 0.2) is 11.5 Å². The number of aromatic nitrogens is 1. The molecular formula is C20H21N3O4. The third-order valence-electron chi connectivity index (χ3n) is 4.98. The largest absolute Gasteiger partial charge is 0.454 e. The summed E-state index contributed by atoms with van der Waals surface area (Å²) in [6.07, 6.45) is 3.17. The van der Waals surface area contributed by atoms with E-state index >= 15 is 0 Å². The predicted molar refractivity (Wildman–Crippen MR) is 97.4 cm³/mol. The summed E-state index contributed by atoms with van der Waals surface area (Å²) in [6, 6.07) is 8.47. The van der Waals surface area contributed by atoms with E-state index in [1.54, 1.807) is 29.3 Å². The quantitative estimate of drug-likeness (QED) is 0.894. The van der Waals surface area contributed by atoms with Gasteiger partial charge in [0, 0.05) is 18.3 Å². The van der Waals surface area contributed by atoms with Crippen LogP contribution in [-0.4, -0.2) is 41.1 Å². The van der Waals surface area contributed by atoms with Crippen LogP contribution in [-0.2, 0) is 11.3 Å². The minimum atomic E-state index is -0.466. The first-order valence-electron chi connectivity index (χ1n) is 9.02. The van der Waals surface area contributed by atoms with E-state index < -0.39 is 6.04 Å². The number of carbonyl (C=O) groups excluding carboxylic acids is 2. The molecule has 0 radical (unpaired) electrons. The predicted octanol–water partition coefficient (Wildman–Crippen LogP) is 2.04. The fraction of sp³-hybridized carbons (Fsp3) is 0.350. The lowest BCUT2D eigenvalue weighted by Crippen LogP contribution is -2.45. The van der Waals surface area contributed by atoms with E-state index in [2.05, 4.69) is 10.3 Å². The highest BCUT2D eigenvalue weighted by Gasteiger charge is 2.35. The molecule has 2 amide bonds. The number of aryl methyl sites for hydroxylation is 1. The highest BCUT2D eigenvalue weighted by atomic mass is 16.7. The number of nitrogens with one attached hydrogen (secondary N) is 1. The van der Waals surface area contributed by atoms with Crippen LogP contribution < -0.4 is 14.8 Å². The van der Waals surface area contributed by atoms with Gasteiger partial charge in [-0.3, -0.25) is 14.6 Å². The van der Waals surface area contributed by atoms with E-state index in [0.717, 1.165) is 17.7 Å². The van der Waals surface area contributed by atoms with E-state index in [1.807, 2.05) is 19.1 Å². The monoisotopic (exact) mass is 367 g/mol. The molecule has 1 N–H and O–H groups in total. The van der Waals surface area contributed by atoms with Crippen LogP contribution in [0.25, 0.3) is 0 Å². The molecule has 2 aliphatic rings. The summed E-state index contributed by atoms with van der Waals surface area (Å²) >= 11 is 0. The molecule has 1 atom stereocenters. The topological polar surface area (TPSA) is 80.8 Å². The lowest BCUT2D eigenvalue weighted by atomic mass is 10.1. The fourth-order valence-electron chi connectivity index (χ4n) is 3.47. The number of pyridine rings is 1. The van der Waals surface area contributed by atoms with Crippen molar-refractivity contribution in [2.75, 3.05) is 13.3 Å². The number of ether oxygens (including phenoxy) is 2. The zero-order valence-electron chi connectivity index (χ0n) is 15.1. The first kappa shape index (κ1) is 17.3. The maximum atomic E-state index is 12.9. The number of nitrogens with zero attached hydrogens (tertiary/aromatic N) is 2. The second-order valence-corrected chi connectivity index (χ2v) is 6.71. The molecule has 1 fully saturated rings. The van der Waals surface area contributed by atoms with Gasteiger partial charge in [-0.15, -0.1) is 0 Å². The van der Waals surface area contributed by atoms with Crippen molar-refractivity contribution >= 4 is 11.8 Å². The molecule has 0 spiro atoms. The summed E-state index contributed by atoms with van der Waals surface area (Å²) in [5.41, 5.74) is 2.36. The van der Waals surface area contributed by atoms with Crippen molar-refractivity contribution in [1.29, 1.82) is 0 Å². The number of likely N-dealkylation sites (tertiary alicyclic amines) is 1. The Hall–Kier alpha value is -3.09. The molecule has 140 valence electrons. The van der Waals surface area contributed by atoms with Crippen LogP contribution in [0.1, 0.15) is 34.5 Å². The van der Waals surface area contributed by atoms with Gasteiger partial charge in [-0.1, -0.05) is 6.07 Å². The normalized spacial score (nSPS) is 17.8. The summed E-state index contributed by atoms with van der Waals surface area (Å²) in [4.78, 5) is 31.5. The van der Waals surface area contributed by atoms with Gasteiger partial charge in [0.2, 0.25) is 12.7 Å². The second-order valence-electron chi connectivity index (χ2n) is 6.71. The Labute approximate surface area is 157 Å². The zero-order valence-corrected chi connectivity index (χ0v) is 15.1. The van der Waals surface area contributed by atoms with E-state index in [1.165, 1.54) is 0 Å². The van der Waals surface area contributed by atoms with Gasteiger partial charge in [-0.2, -0.15) is 0 Å². The Kier molecular flexibility index (Phi) is 4.66. The van der Waals surface area contributed by atoms with Gasteiger partial charge in [0.1, 0.15) is 6.04 Å². The third kappa shape index (κ3) is 3.45. The van der Waals surface area contributed by atoms with E-state index in [9.17, 15) is 9.59 Å². The number of amides is 2. The molecule has 27 heavy (non-hydrogen) atoms. The van der Waals surface area contributed by atoms with Gasteiger partial charge >= 0.3 is 0 Å². The lowest BCUT2D eigenvalue weighted by Gasteiger charge is -2.24. The Balaban J connectivity index is 1.44. The molecule has 0 aliphatic carbocycles. The Bertz CT molecular complexity index is 883. The smallest absolute Gasteiger partial charge is 0.254 e. The summed E-state index contributed by atoms with van der Waals surface area (Å²) < 4.78 is 10.6. The minimum absolute atomic E-state index is 0.147. The SMILES string of the molecule is Cc1cccnc1CNC(=O)C1CCCN1C(=O)c1ccc2c(c1)OCO2. The van der Waals surface area contributed by atoms with Crippen molar-refractivity contribution in [2.45, 2.75) is 32.4 Å². The van der Waals surface area contributed by atoms with Crippen LogP contribution in [0.4, 0.5) is 0 Å². The van der Waals surface area contributed by atoms with Crippen molar-refractivity contribution in [3.8, 4) is 11.5 Å². The van der Waals surface area contributed by atoms with Crippen molar-refractivity contribution in [3.63, 3.8) is 0 Å². The van der Waals surface area contributed by atoms with E-state index in [0.29, 0.717) is 36.6 Å². The molecule has 3 heterocycles. The third-order valence-corrected chi connectivity index (χ3v) is 4.98. The summed E-state index contributed by atoms with van der Waals surface area (Å²) in [5.74, 6) is 0.881. The number of rotatable bonds is 4. The molecule has 1 unspecified atom stereocenters. The number of benzene rings is 1. The molecule has 0 bridgehead atoms. The van der Waals surface area contributed by atoms with Crippen molar-refractivity contribution in [2.24, 2.45) is 0 Å². The molecular weight excluding hydrogens is 346 g/mol. The second kappa shape index (κ2) is 7.26. The van der Waals surface area contributed by atoms with Crippen LogP contribution in [0.3, 0.4) is 0 Å². The van der Waals surface area contributed by atoms with Gasteiger partial charge < -0.3 is 19.7 Å². The first-order chi connectivity index (χ1) is 13.1. The lowest BCUT2D eigenvalue weighted by molar-refractivity contribution is -0.125. The van der Waals surface area contributed by atoms with Crippen LogP contribution in [0.15, 0.2) is 36.5 Å². The molecule has 2 aliphatic heterocycles. The first-order valence-corrected chi connectivity index (χ1v) is 9.02. The number of hydrogen-bond donors (Lipinski definition) is 1. The number of hydrogen-bond acceptors (Lipinski definition) is 5. The highest BCUT2D eigenvalue weighted by Crippen LogP contribution is 2.33. The van der Waals surface area contributed by atoms with Gasteiger partial charge in [0.05, 0.1) is 12.2 Å². The van der Waals surface area contributed by atoms with Gasteiger partial charge in [-0.25, -0.2) is 0 Å². The van der Waals surface area contributed by atoms with Crippen molar-refractivity contribution < 1.29 is 19.1 Å². The van der Waals surface area contributed by atoms with Crippen molar-refractivity contribution in [1.82, 2.24) is 15.2 Å². The Morgan fingerprint density at radius 2 is 2.11 bits per heavy atom. The molecule has 7 nitrogen and oxygen atoms in total. The molecule has 1 aromatic heterocycles. The van der Waals surface area contributed by atoms with Crippen LogP contribution >= 0.6 is 0 Å². The standard InChI is InChI=1S/C20H21N3O4/c1-13-4-2-8-21-15(13)11-22-19(24)16-5-3-9-23(16)20(25)14-6-7-17-18(10-14)27-12-26-17/h2,4,6-8,10,16H,3,5,9,11-12H2,1H3,(H,22,24).